The van der Waals surface area contributed by atoms with E-state index in [0.29, 0.717) is 6.42 Å². The summed E-state index contributed by atoms with van der Waals surface area (Å²) < 4.78 is 0. The molecule has 0 aromatic carbocycles. The molecular weight excluding hydrogens is 180 g/mol. The van der Waals surface area contributed by atoms with E-state index in [-0.39, 0.29) is 18.0 Å². The van der Waals surface area contributed by atoms with Crippen LogP contribution in [0.3, 0.4) is 0 Å². The van der Waals surface area contributed by atoms with E-state index in [1.54, 1.807) is 0 Å². The Labute approximate surface area is 82.7 Å². The number of amides is 1. The van der Waals surface area contributed by atoms with E-state index in [0.717, 1.165) is 32.2 Å². The molecule has 0 unspecified atom stereocenters. The van der Waals surface area contributed by atoms with Gasteiger partial charge in [-0.3, -0.25) is 4.79 Å². The SMILES string of the molecule is [N-]=[N+]=N[C@H]1CCCN2C(=O)CCC[C@@H]12. The van der Waals surface area contributed by atoms with Crippen LogP contribution in [-0.2, 0) is 4.79 Å². The van der Waals surface area contributed by atoms with Crippen LogP contribution in [0.25, 0.3) is 10.4 Å². The fourth-order valence-corrected chi connectivity index (χ4v) is 2.50. The van der Waals surface area contributed by atoms with Crippen LogP contribution in [-0.4, -0.2) is 29.4 Å². The van der Waals surface area contributed by atoms with Gasteiger partial charge in [-0.1, -0.05) is 5.11 Å². The number of nitrogens with zero attached hydrogens (tertiary/aromatic N) is 4. The standard InChI is InChI=1S/C9H14N4O/c10-12-11-7-3-2-6-13-8(7)4-1-5-9(13)14/h7-8H,1-6H2/t7-,8-/m0/s1. The maximum Gasteiger partial charge on any atom is 0.222 e. The number of carbonyl (C=O) groups is 1. The molecular formula is C9H14N4O. The maximum atomic E-state index is 11.6. The van der Waals surface area contributed by atoms with Crippen LogP contribution in [0.1, 0.15) is 32.1 Å². The van der Waals surface area contributed by atoms with Gasteiger partial charge < -0.3 is 4.90 Å². The zero-order valence-corrected chi connectivity index (χ0v) is 8.09. The normalized spacial score (nSPS) is 32.0. The molecule has 0 spiro atoms. The topological polar surface area (TPSA) is 69.1 Å². The lowest BCUT2D eigenvalue weighted by Crippen LogP contribution is -2.52. The average Bonchev–Trinajstić information content (AvgIpc) is 2.20. The van der Waals surface area contributed by atoms with Gasteiger partial charge in [0.2, 0.25) is 5.91 Å². The Kier molecular flexibility index (Phi) is 2.59. The van der Waals surface area contributed by atoms with Crippen LogP contribution >= 0.6 is 0 Å². The number of piperidine rings is 2. The van der Waals surface area contributed by atoms with Gasteiger partial charge in [0.25, 0.3) is 0 Å². The van der Waals surface area contributed by atoms with Crippen LogP contribution in [0, 0.1) is 0 Å². The van der Waals surface area contributed by atoms with Crippen molar-refractivity contribution in [1.82, 2.24) is 4.90 Å². The average molecular weight is 194 g/mol. The molecule has 1 amide bonds. The minimum Gasteiger partial charge on any atom is -0.339 e. The summed E-state index contributed by atoms with van der Waals surface area (Å²) in [6, 6.07) is 0.193. The summed E-state index contributed by atoms with van der Waals surface area (Å²) in [5.41, 5.74) is 8.43. The first-order chi connectivity index (χ1) is 6.83. The van der Waals surface area contributed by atoms with Crippen molar-refractivity contribution in [2.75, 3.05) is 6.54 Å². The lowest BCUT2D eigenvalue weighted by Gasteiger charge is -2.42. The molecule has 2 fully saturated rings. The van der Waals surface area contributed by atoms with Gasteiger partial charge >= 0.3 is 0 Å². The molecule has 2 rings (SSSR count). The van der Waals surface area contributed by atoms with E-state index in [1.165, 1.54) is 0 Å². The second-order valence-corrected chi connectivity index (χ2v) is 3.96. The maximum absolute atomic E-state index is 11.6. The highest BCUT2D eigenvalue weighted by Gasteiger charge is 2.35. The molecule has 0 radical (unpaired) electrons. The number of hydrogen-bond donors (Lipinski definition) is 0. The molecule has 76 valence electrons. The van der Waals surface area contributed by atoms with Gasteiger partial charge in [0.1, 0.15) is 0 Å². The summed E-state index contributed by atoms with van der Waals surface area (Å²) in [7, 11) is 0. The van der Waals surface area contributed by atoms with E-state index in [9.17, 15) is 4.79 Å². The van der Waals surface area contributed by atoms with E-state index >= 15 is 0 Å². The molecule has 2 atom stereocenters. The highest BCUT2D eigenvalue weighted by molar-refractivity contribution is 5.77. The molecule has 0 aliphatic carbocycles. The highest BCUT2D eigenvalue weighted by atomic mass is 16.2. The quantitative estimate of drug-likeness (QED) is 0.356. The predicted molar refractivity (Wildman–Crippen MR) is 51.5 cm³/mol. The van der Waals surface area contributed by atoms with Crippen molar-refractivity contribution in [3.63, 3.8) is 0 Å². The van der Waals surface area contributed by atoms with Crippen molar-refractivity contribution in [2.45, 2.75) is 44.2 Å². The summed E-state index contributed by atoms with van der Waals surface area (Å²) in [5.74, 6) is 0.235. The van der Waals surface area contributed by atoms with Crippen molar-refractivity contribution in [3.8, 4) is 0 Å². The van der Waals surface area contributed by atoms with Gasteiger partial charge in [-0.2, -0.15) is 0 Å². The lowest BCUT2D eigenvalue weighted by atomic mass is 9.89. The Bertz CT molecular complexity index is 279. The molecule has 2 heterocycles. The Morgan fingerprint density at radius 3 is 3.07 bits per heavy atom. The molecule has 0 aromatic rings. The molecule has 2 aliphatic heterocycles. The van der Waals surface area contributed by atoms with Gasteiger partial charge in [0.05, 0.1) is 6.04 Å². The van der Waals surface area contributed by atoms with E-state index in [2.05, 4.69) is 10.0 Å². The van der Waals surface area contributed by atoms with Crippen molar-refractivity contribution in [2.24, 2.45) is 5.11 Å². The Morgan fingerprint density at radius 1 is 1.43 bits per heavy atom. The minimum absolute atomic E-state index is 0.0120. The minimum atomic E-state index is 0.0120. The van der Waals surface area contributed by atoms with Crippen LogP contribution < -0.4 is 0 Å². The van der Waals surface area contributed by atoms with Crippen LogP contribution in [0.2, 0.25) is 0 Å². The Balaban J connectivity index is 2.15. The molecule has 14 heavy (non-hydrogen) atoms. The first-order valence-corrected chi connectivity index (χ1v) is 5.16. The second-order valence-electron chi connectivity index (χ2n) is 3.96. The largest absolute Gasteiger partial charge is 0.339 e. The molecule has 5 nitrogen and oxygen atoms in total. The summed E-state index contributed by atoms with van der Waals surface area (Å²) >= 11 is 0. The van der Waals surface area contributed by atoms with Crippen molar-refractivity contribution in [1.29, 1.82) is 0 Å². The van der Waals surface area contributed by atoms with Gasteiger partial charge in [-0.25, -0.2) is 0 Å². The van der Waals surface area contributed by atoms with E-state index in [4.69, 9.17) is 5.53 Å². The Hall–Kier alpha value is -1.22. The Morgan fingerprint density at radius 2 is 2.29 bits per heavy atom. The van der Waals surface area contributed by atoms with Crippen molar-refractivity contribution >= 4 is 5.91 Å². The summed E-state index contributed by atoms with van der Waals surface area (Å²) in [6.07, 6.45) is 4.50. The van der Waals surface area contributed by atoms with Crippen molar-refractivity contribution in [3.05, 3.63) is 10.4 Å². The number of rotatable bonds is 1. The number of fused-ring (bicyclic) bond motifs is 1. The molecule has 0 saturated carbocycles. The fourth-order valence-electron chi connectivity index (χ4n) is 2.50. The van der Waals surface area contributed by atoms with Crippen molar-refractivity contribution < 1.29 is 4.79 Å². The smallest absolute Gasteiger partial charge is 0.222 e. The zero-order valence-electron chi connectivity index (χ0n) is 8.09. The molecule has 0 aromatic heterocycles. The molecule has 0 bridgehead atoms. The number of hydrogen-bond acceptors (Lipinski definition) is 2. The highest BCUT2D eigenvalue weighted by Crippen LogP contribution is 2.29. The van der Waals surface area contributed by atoms with E-state index < -0.39 is 0 Å². The van der Waals surface area contributed by atoms with Crippen LogP contribution in [0.4, 0.5) is 0 Å². The number of carbonyl (C=O) groups excluding carboxylic acids is 1. The van der Waals surface area contributed by atoms with Gasteiger partial charge in [0.15, 0.2) is 0 Å². The number of azide groups is 1. The summed E-state index contributed by atoms with van der Waals surface area (Å²) in [4.78, 5) is 16.3. The summed E-state index contributed by atoms with van der Waals surface area (Å²) in [6.45, 7) is 0.848. The van der Waals surface area contributed by atoms with Crippen LogP contribution in [0.15, 0.2) is 5.11 Å². The fraction of sp³-hybridized carbons (Fsp3) is 0.889. The molecule has 2 aliphatic rings. The predicted octanol–water partition coefficient (Wildman–Crippen LogP) is 1.84. The lowest BCUT2D eigenvalue weighted by molar-refractivity contribution is -0.138. The third kappa shape index (κ3) is 1.55. The van der Waals surface area contributed by atoms with Crippen LogP contribution in [0.5, 0.6) is 0 Å². The van der Waals surface area contributed by atoms with Gasteiger partial charge in [0, 0.05) is 23.9 Å². The molecule has 5 heteroatoms. The second kappa shape index (κ2) is 3.88. The molecule has 2 saturated heterocycles. The summed E-state index contributed by atoms with van der Waals surface area (Å²) in [5, 5.41) is 3.79. The van der Waals surface area contributed by atoms with Gasteiger partial charge in [-0.15, -0.1) is 0 Å². The third-order valence-electron chi connectivity index (χ3n) is 3.15. The molecule has 0 N–H and O–H groups in total. The third-order valence-corrected chi connectivity index (χ3v) is 3.15. The first kappa shape index (κ1) is 9.34. The zero-order chi connectivity index (χ0) is 9.97. The van der Waals surface area contributed by atoms with Gasteiger partial charge in [-0.05, 0) is 31.2 Å². The first-order valence-electron chi connectivity index (χ1n) is 5.16. The monoisotopic (exact) mass is 194 g/mol. The van der Waals surface area contributed by atoms with E-state index in [1.807, 2.05) is 4.90 Å².